The number of hydrogen-bond acceptors (Lipinski definition) is 1. The van der Waals surface area contributed by atoms with E-state index in [4.69, 9.17) is 11.6 Å². The van der Waals surface area contributed by atoms with Crippen LogP contribution in [-0.4, -0.2) is 16.9 Å². The van der Waals surface area contributed by atoms with Crippen LogP contribution in [0.1, 0.15) is 10.4 Å². The summed E-state index contributed by atoms with van der Waals surface area (Å²) in [4.78, 5) is 11.4. The number of benzene rings is 1. The Morgan fingerprint density at radius 3 is 2.86 bits per heavy atom. The van der Waals surface area contributed by atoms with Crippen molar-refractivity contribution in [3.63, 3.8) is 0 Å². The van der Waals surface area contributed by atoms with Gasteiger partial charge in [0.15, 0.2) is 0 Å². The average molecular weight is 328 g/mol. The first-order valence-corrected chi connectivity index (χ1v) is 5.85. The van der Waals surface area contributed by atoms with Crippen LogP contribution in [0.2, 0.25) is 5.02 Å². The maximum atomic E-state index is 13.2. The fourth-order valence-corrected chi connectivity index (χ4v) is 1.48. The van der Waals surface area contributed by atoms with Crippen molar-refractivity contribution in [1.82, 2.24) is 5.32 Å². The lowest BCUT2D eigenvalue weighted by Gasteiger charge is -2.05. The summed E-state index contributed by atoms with van der Waals surface area (Å²) in [7, 11) is 0. The summed E-state index contributed by atoms with van der Waals surface area (Å²) >= 11 is 7.82. The molecule has 5 heteroatoms. The Bertz CT molecular complexity index is 325. The number of amides is 1. The molecule has 0 atom stereocenters. The lowest BCUT2D eigenvalue weighted by Crippen LogP contribution is -2.26. The monoisotopic (exact) mass is 327 g/mol. The summed E-state index contributed by atoms with van der Waals surface area (Å²) in [6.07, 6.45) is 0. The Balaban J connectivity index is 2.89. The van der Waals surface area contributed by atoms with Crippen molar-refractivity contribution < 1.29 is 9.18 Å². The topological polar surface area (TPSA) is 29.1 Å². The van der Waals surface area contributed by atoms with Crippen LogP contribution in [0.25, 0.3) is 0 Å². The van der Waals surface area contributed by atoms with E-state index in [1.165, 1.54) is 18.2 Å². The number of hydrogen-bond donors (Lipinski definition) is 1. The van der Waals surface area contributed by atoms with E-state index in [2.05, 4.69) is 27.9 Å². The second kappa shape index (κ2) is 5.50. The van der Waals surface area contributed by atoms with Crippen molar-refractivity contribution in [2.24, 2.45) is 0 Å². The van der Waals surface area contributed by atoms with Gasteiger partial charge >= 0.3 is 0 Å². The van der Waals surface area contributed by atoms with E-state index in [9.17, 15) is 9.18 Å². The molecule has 0 aliphatic rings. The van der Waals surface area contributed by atoms with Gasteiger partial charge in [0, 0.05) is 11.0 Å². The Hall–Kier alpha value is -0.360. The number of rotatable bonds is 3. The maximum Gasteiger partial charge on any atom is 0.255 e. The van der Waals surface area contributed by atoms with Crippen LogP contribution < -0.4 is 5.32 Å². The minimum absolute atomic E-state index is 0.0842. The van der Waals surface area contributed by atoms with Crippen molar-refractivity contribution in [3.8, 4) is 0 Å². The maximum absolute atomic E-state index is 13.2. The molecular weight excluding hydrogens is 319 g/mol. The molecule has 0 heterocycles. The second-order valence-corrected chi connectivity index (χ2v) is 4.03. The van der Waals surface area contributed by atoms with Crippen molar-refractivity contribution in [2.45, 2.75) is 0 Å². The molecule has 0 bridgehead atoms. The predicted octanol–water partition coefficient (Wildman–Crippen LogP) is 2.64. The predicted molar refractivity (Wildman–Crippen MR) is 62.6 cm³/mol. The van der Waals surface area contributed by atoms with Gasteiger partial charge in [-0.25, -0.2) is 4.39 Å². The van der Waals surface area contributed by atoms with Crippen molar-refractivity contribution in [1.29, 1.82) is 0 Å². The SMILES string of the molecule is O=C(NCCI)c1c(F)cccc1Cl. The number of halogens is 3. The lowest BCUT2D eigenvalue weighted by molar-refractivity contribution is 0.0952. The molecule has 0 saturated carbocycles. The van der Waals surface area contributed by atoms with Crippen LogP contribution in [0.4, 0.5) is 4.39 Å². The highest BCUT2D eigenvalue weighted by Gasteiger charge is 2.14. The molecule has 2 nitrogen and oxygen atoms in total. The molecule has 0 saturated heterocycles. The highest BCUT2D eigenvalue weighted by Crippen LogP contribution is 2.18. The zero-order chi connectivity index (χ0) is 10.6. The van der Waals surface area contributed by atoms with Crippen molar-refractivity contribution in [2.75, 3.05) is 11.0 Å². The summed E-state index contributed by atoms with van der Waals surface area (Å²) < 4.78 is 14.0. The lowest BCUT2D eigenvalue weighted by atomic mass is 10.2. The molecule has 0 unspecified atom stereocenters. The molecular formula is C9H8ClFINO. The molecule has 0 spiro atoms. The van der Waals surface area contributed by atoms with Crippen LogP contribution in [0.15, 0.2) is 18.2 Å². The first-order valence-electron chi connectivity index (χ1n) is 3.95. The van der Waals surface area contributed by atoms with Gasteiger partial charge in [-0.2, -0.15) is 0 Å². The molecule has 0 aromatic heterocycles. The third-order valence-corrected chi connectivity index (χ3v) is 2.42. The van der Waals surface area contributed by atoms with E-state index in [0.717, 1.165) is 4.43 Å². The molecule has 0 radical (unpaired) electrons. The summed E-state index contributed by atoms with van der Waals surface area (Å²) in [5.74, 6) is -1.06. The van der Waals surface area contributed by atoms with Crippen LogP contribution in [0, 0.1) is 5.82 Å². The highest BCUT2D eigenvalue weighted by molar-refractivity contribution is 14.1. The molecule has 1 rings (SSSR count). The molecule has 0 aliphatic carbocycles. The molecule has 0 fully saturated rings. The molecule has 14 heavy (non-hydrogen) atoms. The molecule has 1 amide bonds. The summed E-state index contributed by atoms with van der Waals surface area (Å²) in [6.45, 7) is 0.504. The van der Waals surface area contributed by atoms with Crippen LogP contribution in [0.3, 0.4) is 0 Å². The van der Waals surface area contributed by atoms with E-state index in [1.54, 1.807) is 0 Å². The molecule has 76 valence electrons. The summed E-state index contributed by atoms with van der Waals surface area (Å²) in [5, 5.41) is 2.69. The smallest absolute Gasteiger partial charge is 0.255 e. The number of nitrogens with one attached hydrogen (secondary N) is 1. The van der Waals surface area contributed by atoms with Gasteiger partial charge in [0.25, 0.3) is 5.91 Å². The third-order valence-electron chi connectivity index (χ3n) is 1.57. The van der Waals surface area contributed by atoms with E-state index >= 15 is 0 Å². The zero-order valence-electron chi connectivity index (χ0n) is 7.19. The van der Waals surface area contributed by atoms with Gasteiger partial charge in [-0.05, 0) is 12.1 Å². The Labute approximate surface area is 100.0 Å². The second-order valence-electron chi connectivity index (χ2n) is 2.54. The van der Waals surface area contributed by atoms with Crippen molar-refractivity contribution >= 4 is 40.1 Å². The third kappa shape index (κ3) is 2.81. The average Bonchev–Trinajstić information content (AvgIpc) is 2.14. The fourth-order valence-electron chi connectivity index (χ4n) is 0.964. The highest BCUT2D eigenvalue weighted by atomic mass is 127. The van der Waals surface area contributed by atoms with Gasteiger partial charge < -0.3 is 5.32 Å². The standard InChI is InChI=1S/C9H8ClFINO/c10-6-2-1-3-7(11)8(6)9(14)13-5-4-12/h1-3H,4-5H2,(H,13,14). The zero-order valence-corrected chi connectivity index (χ0v) is 10.1. The Kier molecular flexibility index (Phi) is 4.60. The number of carbonyl (C=O) groups is 1. The Morgan fingerprint density at radius 1 is 1.57 bits per heavy atom. The summed E-state index contributed by atoms with van der Waals surface area (Å²) in [5.41, 5.74) is -0.0842. The molecule has 1 aromatic rings. The first-order chi connectivity index (χ1) is 6.66. The van der Waals surface area contributed by atoms with E-state index in [1.807, 2.05) is 0 Å². The largest absolute Gasteiger partial charge is 0.351 e. The molecule has 1 aromatic carbocycles. The quantitative estimate of drug-likeness (QED) is 0.671. The van der Waals surface area contributed by atoms with Gasteiger partial charge in [-0.3, -0.25) is 4.79 Å². The van der Waals surface area contributed by atoms with Crippen LogP contribution in [0.5, 0.6) is 0 Å². The fraction of sp³-hybridized carbons (Fsp3) is 0.222. The van der Waals surface area contributed by atoms with Crippen LogP contribution >= 0.6 is 34.2 Å². The molecule has 1 N–H and O–H groups in total. The summed E-state index contributed by atoms with van der Waals surface area (Å²) in [6, 6.07) is 4.17. The van der Waals surface area contributed by atoms with Crippen LogP contribution in [-0.2, 0) is 0 Å². The van der Waals surface area contributed by atoms with Gasteiger partial charge in [0.05, 0.1) is 10.6 Å². The normalized spacial score (nSPS) is 9.93. The first kappa shape index (κ1) is 11.7. The van der Waals surface area contributed by atoms with Gasteiger partial charge in [0.1, 0.15) is 5.82 Å². The minimum atomic E-state index is -0.594. The van der Waals surface area contributed by atoms with Gasteiger partial charge in [-0.1, -0.05) is 40.3 Å². The van der Waals surface area contributed by atoms with Gasteiger partial charge in [-0.15, -0.1) is 0 Å². The molecule has 0 aliphatic heterocycles. The van der Waals surface area contributed by atoms with Crippen molar-refractivity contribution in [3.05, 3.63) is 34.6 Å². The van der Waals surface area contributed by atoms with Gasteiger partial charge in [0.2, 0.25) is 0 Å². The number of alkyl halides is 1. The van der Waals surface area contributed by atoms with E-state index in [-0.39, 0.29) is 10.6 Å². The minimum Gasteiger partial charge on any atom is -0.351 e. The Morgan fingerprint density at radius 2 is 2.29 bits per heavy atom. The van der Waals surface area contributed by atoms with E-state index in [0.29, 0.717) is 6.54 Å². The number of carbonyl (C=O) groups excluding carboxylic acids is 1. The van der Waals surface area contributed by atoms with E-state index < -0.39 is 11.7 Å².